The zero-order valence-corrected chi connectivity index (χ0v) is 19.1. The van der Waals surface area contributed by atoms with Gasteiger partial charge in [-0.2, -0.15) is 4.98 Å². The van der Waals surface area contributed by atoms with E-state index < -0.39 is 0 Å². The number of nitrogen functional groups attached to an aromatic ring is 1. The molecule has 1 saturated carbocycles. The van der Waals surface area contributed by atoms with Crippen molar-refractivity contribution in [2.75, 3.05) is 31.3 Å². The van der Waals surface area contributed by atoms with Crippen LogP contribution in [-0.2, 0) is 4.79 Å². The highest BCUT2D eigenvalue weighted by Crippen LogP contribution is 2.24. The highest BCUT2D eigenvalue weighted by Gasteiger charge is 2.15. The second-order valence-electron chi connectivity index (χ2n) is 8.91. The number of amides is 1. The van der Waals surface area contributed by atoms with E-state index in [1.807, 2.05) is 43.3 Å². The second kappa shape index (κ2) is 11.7. The molecule has 6 heteroatoms. The number of carbonyl (C=O) groups excluding carboxylic acids is 1. The van der Waals surface area contributed by atoms with E-state index in [0.29, 0.717) is 12.4 Å². The van der Waals surface area contributed by atoms with Gasteiger partial charge in [0.2, 0.25) is 11.9 Å². The molecule has 1 fully saturated rings. The maximum Gasteiger partial charge on any atom is 0.224 e. The minimum absolute atomic E-state index is 0.240. The van der Waals surface area contributed by atoms with Crippen LogP contribution in [0.1, 0.15) is 64.2 Å². The summed E-state index contributed by atoms with van der Waals surface area (Å²) in [6.45, 7) is 0.909. The summed E-state index contributed by atoms with van der Waals surface area (Å²) in [4.78, 5) is 22.1. The molecular formula is C25H37N5O. The van der Waals surface area contributed by atoms with Crippen molar-refractivity contribution in [2.45, 2.75) is 64.2 Å². The molecular weight excluding hydrogens is 386 g/mol. The molecule has 1 amide bonds. The minimum Gasteiger partial charge on any atom is -0.368 e. The summed E-state index contributed by atoms with van der Waals surface area (Å²) in [7, 11) is 3.88. The Labute approximate surface area is 186 Å². The Morgan fingerprint density at radius 3 is 2.58 bits per heavy atom. The van der Waals surface area contributed by atoms with Crippen LogP contribution in [-0.4, -0.2) is 36.5 Å². The minimum atomic E-state index is 0.240. The van der Waals surface area contributed by atoms with Crippen LogP contribution in [0.15, 0.2) is 35.9 Å². The molecule has 0 radical (unpaired) electrons. The number of nitrogens with two attached hydrogens (primary N) is 1. The highest BCUT2D eigenvalue weighted by molar-refractivity contribution is 5.90. The number of hydrogen-bond acceptors (Lipinski definition) is 5. The molecule has 2 aliphatic carbocycles. The molecule has 6 nitrogen and oxygen atoms in total. The third kappa shape index (κ3) is 7.23. The van der Waals surface area contributed by atoms with Gasteiger partial charge < -0.3 is 16.0 Å². The Bertz CT molecular complexity index is 887. The Hall–Kier alpha value is -2.63. The molecule has 2 aliphatic rings. The predicted molar refractivity (Wildman–Crippen MR) is 129 cm³/mol. The molecule has 0 saturated heterocycles. The summed E-state index contributed by atoms with van der Waals surface area (Å²) in [6.07, 6.45) is 14.5. The Morgan fingerprint density at radius 1 is 1.10 bits per heavy atom. The Morgan fingerprint density at radius 2 is 1.87 bits per heavy atom. The molecule has 0 spiro atoms. The summed E-state index contributed by atoms with van der Waals surface area (Å²) >= 11 is 0. The highest BCUT2D eigenvalue weighted by atomic mass is 16.1. The van der Waals surface area contributed by atoms with Gasteiger partial charge in [0.1, 0.15) is 5.82 Å². The number of fused-ring (bicyclic) bond motifs is 1. The fourth-order valence-corrected chi connectivity index (χ4v) is 4.40. The van der Waals surface area contributed by atoms with Gasteiger partial charge >= 0.3 is 0 Å². The van der Waals surface area contributed by atoms with Gasteiger partial charge in [-0.1, -0.05) is 43.0 Å². The number of rotatable bonds is 5. The standard InChI is InChI=1S/C15H25NO.C10H12N4/c17-15(11-13-7-3-1-4-8-13)16-12-14-9-5-2-6-10-14;1-14(2)9-7-5-3-4-6-8(7)12-10(11)13-9/h7,14H,1-6,8-12H2,(H,16,17);3-6H,1-2H3,(H2,11,12,13). The molecule has 0 atom stereocenters. The first-order chi connectivity index (χ1) is 15.0. The SMILES string of the molecule is CN(C)c1nc(N)nc2ccccc12.O=C(CC1=CCCCC1)NCC1CCCCC1. The molecule has 1 aromatic carbocycles. The topological polar surface area (TPSA) is 84.1 Å². The first kappa shape index (κ1) is 23.0. The van der Waals surface area contributed by atoms with Gasteiger partial charge in [0.15, 0.2) is 0 Å². The van der Waals surface area contributed by atoms with E-state index in [1.54, 1.807) is 0 Å². The number of nitrogens with one attached hydrogen (secondary N) is 1. The van der Waals surface area contributed by atoms with Crippen molar-refractivity contribution in [3.05, 3.63) is 35.9 Å². The van der Waals surface area contributed by atoms with Crippen molar-refractivity contribution in [3.63, 3.8) is 0 Å². The molecule has 0 unspecified atom stereocenters. The van der Waals surface area contributed by atoms with E-state index in [1.165, 1.54) is 56.9 Å². The maximum atomic E-state index is 11.8. The van der Waals surface area contributed by atoms with Crippen LogP contribution in [0.2, 0.25) is 0 Å². The number of hydrogen-bond donors (Lipinski definition) is 2. The van der Waals surface area contributed by atoms with E-state index in [2.05, 4.69) is 21.4 Å². The lowest BCUT2D eigenvalue weighted by atomic mass is 9.89. The van der Waals surface area contributed by atoms with E-state index in [9.17, 15) is 4.79 Å². The van der Waals surface area contributed by atoms with Crippen LogP contribution < -0.4 is 16.0 Å². The van der Waals surface area contributed by atoms with Crippen molar-refractivity contribution in [1.29, 1.82) is 0 Å². The van der Waals surface area contributed by atoms with Gasteiger partial charge in [0, 0.05) is 32.4 Å². The van der Waals surface area contributed by atoms with Gasteiger partial charge in [-0.3, -0.25) is 4.79 Å². The Kier molecular flexibility index (Phi) is 8.68. The fourth-order valence-electron chi connectivity index (χ4n) is 4.40. The van der Waals surface area contributed by atoms with Gasteiger partial charge in [0.05, 0.1) is 5.52 Å². The molecule has 0 aliphatic heterocycles. The van der Waals surface area contributed by atoms with E-state index in [4.69, 9.17) is 5.73 Å². The summed E-state index contributed by atoms with van der Waals surface area (Å²) in [5.41, 5.74) is 7.85. The van der Waals surface area contributed by atoms with Gasteiger partial charge in [0.25, 0.3) is 0 Å². The number of para-hydroxylation sites is 1. The van der Waals surface area contributed by atoms with Gasteiger partial charge in [-0.25, -0.2) is 4.98 Å². The largest absolute Gasteiger partial charge is 0.368 e. The lowest BCUT2D eigenvalue weighted by Gasteiger charge is -2.22. The number of carbonyl (C=O) groups is 1. The fraction of sp³-hybridized carbons (Fsp3) is 0.560. The third-order valence-electron chi connectivity index (χ3n) is 6.11. The zero-order chi connectivity index (χ0) is 22.1. The Balaban J connectivity index is 0.000000179. The molecule has 1 heterocycles. The summed E-state index contributed by atoms with van der Waals surface area (Å²) < 4.78 is 0. The zero-order valence-electron chi connectivity index (χ0n) is 19.1. The third-order valence-corrected chi connectivity index (χ3v) is 6.11. The molecule has 1 aromatic heterocycles. The number of aromatic nitrogens is 2. The van der Waals surface area contributed by atoms with Crippen molar-refractivity contribution in [3.8, 4) is 0 Å². The quantitative estimate of drug-likeness (QED) is 0.672. The molecule has 0 bridgehead atoms. The average Bonchev–Trinajstić information content (AvgIpc) is 2.79. The van der Waals surface area contributed by atoms with Crippen LogP contribution in [0.4, 0.5) is 11.8 Å². The van der Waals surface area contributed by atoms with E-state index in [0.717, 1.165) is 35.6 Å². The summed E-state index contributed by atoms with van der Waals surface area (Å²) in [5.74, 6) is 2.15. The van der Waals surface area contributed by atoms with Crippen LogP contribution in [0.25, 0.3) is 10.9 Å². The van der Waals surface area contributed by atoms with Crippen molar-refractivity contribution in [2.24, 2.45) is 5.92 Å². The van der Waals surface area contributed by atoms with Crippen molar-refractivity contribution < 1.29 is 4.79 Å². The van der Waals surface area contributed by atoms with E-state index in [-0.39, 0.29) is 5.91 Å². The second-order valence-corrected chi connectivity index (χ2v) is 8.91. The molecule has 3 N–H and O–H groups in total. The molecule has 2 aromatic rings. The first-order valence-electron chi connectivity index (χ1n) is 11.7. The summed E-state index contributed by atoms with van der Waals surface area (Å²) in [6, 6.07) is 7.83. The molecule has 168 valence electrons. The monoisotopic (exact) mass is 423 g/mol. The number of allylic oxidation sites excluding steroid dienone is 1. The smallest absolute Gasteiger partial charge is 0.224 e. The molecule has 4 rings (SSSR count). The van der Waals surface area contributed by atoms with Crippen molar-refractivity contribution >= 4 is 28.6 Å². The van der Waals surface area contributed by atoms with Gasteiger partial charge in [-0.05, 0) is 56.6 Å². The van der Waals surface area contributed by atoms with Crippen LogP contribution in [0.5, 0.6) is 0 Å². The average molecular weight is 424 g/mol. The summed E-state index contributed by atoms with van der Waals surface area (Å²) in [5, 5.41) is 4.14. The lowest BCUT2D eigenvalue weighted by Crippen LogP contribution is -2.30. The van der Waals surface area contributed by atoms with E-state index >= 15 is 0 Å². The van der Waals surface area contributed by atoms with Crippen molar-refractivity contribution in [1.82, 2.24) is 15.3 Å². The van der Waals surface area contributed by atoms with Gasteiger partial charge in [-0.15, -0.1) is 0 Å². The maximum absolute atomic E-state index is 11.8. The molecule has 31 heavy (non-hydrogen) atoms. The number of nitrogens with zero attached hydrogens (tertiary/aromatic N) is 3. The number of benzene rings is 1. The lowest BCUT2D eigenvalue weighted by molar-refractivity contribution is -0.120. The first-order valence-corrected chi connectivity index (χ1v) is 11.7. The normalized spacial score (nSPS) is 16.8. The van der Waals surface area contributed by atoms with Crippen LogP contribution in [0, 0.1) is 5.92 Å². The van der Waals surface area contributed by atoms with Crippen LogP contribution in [0.3, 0.4) is 0 Å². The predicted octanol–water partition coefficient (Wildman–Crippen LogP) is 4.85. The number of anilines is 2. The van der Waals surface area contributed by atoms with Crippen LogP contribution >= 0.6 is 0 Å².